The van der Waals surface area contributed by atoms with Crippen molar-refractivity contribution < 1.29 is 19.6 Å². The molecule has 0 radical (unpaired) electrons. The van der Waals surface area contributed by atoms with Gasteiger partial charge < -0.3 is 20.3 Å². The first-order chi connectivity index (χ1) is 14.8. The number of hydrogen-bond donors (Lipinski definition) is 3. The highest BCUT2D eigenvalue weighted by Crippen LogP contribution is 2.29. The average Bonchev–Trinajstić information content (AvgIpc) is 2.78. The third kappa shape index (κ3) is 5.88. The molecular formula is C23H28BClN2O4. The number of benzene rings is 2. The van der Waals surface area contributed by atoms with Crippen molar-refractivity contribution in [2.75, 3.05) is 13.1 Å². The minimum Gasteiger partial charge on any atom is -0.423 e. The summed E-state index contributed by atoms with van der Waals surface area (Å²) in [5.41, 5.74) is 1.81. The fraction of sp³-hybridized carbons (Fsp3) is 0.391. The number of hydrogen-bond acceptors (Lipinski definition) is 4. The highest BCUT2D eigenvalue weighted by molar-refractivity contribution is 6.58. The smallest absolute Gasteiger partial charge is 0.423 e. The fourth-order valence-electron chi connectivity index (χ4n) is 3.93. The van der Waals surface area contributed by atoms with Crippen molar-refractivity contribution in [2.45, 2.75) is 38.6 Å². The molecule has 2 unspecified atom stereocenters. The molecule has 1 saturated heterocycles. The highest BCUT2D eigenvalue weighted by Gasteiger charge is 2.30. The molecule has 0 bridgehead atoms. The zero-order valence-corrected chi connectivity index (χ0v) is 18.5. The molecule has 2 aromatic carbocycles. The molecule has 1 fully saturated rings. The van der Waals surface area contributed by atoms with E-state index >= 15 is 0 Å². The van der Waals surface area contributed by atoms with Crippen molar-refractivity contribution in [1.29, 1.82) is 0 Å². The van der Waals surface area contributed by atoms with Gasteiger partial charge in [0.15, 0.2) is 0 Å². The van der Waals surface area contributed by atoms with Crippen LogP contribution in [0.5, 0.6) is 0 Å². The predicted molar refractivity (Wildman–Crippen MR) is 122 cm³/mol. The van der Waals surface area contributed by atoms with Crippen molar-refractivity contribution in [3.05, 3.63) is 64.7 Å². The van der Waals surface area contributed by atoms with E-state index in [1.165, 1.54) is 17.7 Å². The number of carbonyl (C=O) groups is 2. The lowest BCUT2D eigenvalue weighted by Gasteiger charge is -2.35. The normalized spacial score (nSPS) is 16.5. The van der Waals surface area contributed by atoms with Crippen molar-refractivity contribution in [3.8, 4) is 0 Å². The van der Waals surface area contributed by atoms with Gasteiger partial charge in [-0.15, -0.1) is 0 Å². The molecular weight excluding hydrogens is 415 g/mol. The molecule has 2 amide bonds. The van der Waals surface area contributed by atoms with E-state index in [9.17, 15) is 19.6 Å². The lowest BCUT2D eigenvalue weighted by atomic mass is 9.79. The van der Waals surface area contributed by atoms with Gasteiger partial charge in [0.2, 0.25) is 5.91 Å². The summed E-state index contributed by atoms with van der Waals surface area (Å²) >= 11 is 5.97. The lowest BCUT2D eigenvalue weighted by molar-refractivity contribution is -0.136. The number of piperidine rings is 1. The van der Waals surface area contributed by atoms with Gasteiger partial charge in [-0.25, -0.2) is 0 Å². The molecule has 8 heteroatoms. The molecule has 164 valence electrons. The largest absolute Gasteiger partial charge is 0.488 e. The van der Waals surface area contributed by atoms with E-state index < -0.39 is 7.12 Å². The van der Waals surface area contributed by atoms with Crippen LogP contribution in [0.2, 0.25) is 5.02 Å². The number of nitrogens with zero attached hydrogens (tertiary/aromatic N) is 1. The Bertz CT molecular complexity index is 914. The van der Waals surface area contributed by atoms with Gasteiger partial charge in [0.05, 0.1) is 5.92 Å². The first-order valence-corrected chi connectivity index (χ1v) is 10.9. The summed E-state index contributed by atoms with van der Waals surface area (Å²) in [6.07, 6.45) is 1.80. The van der Waals surface area contributed by atoms with E-state index in [1.807, 2.05) is 30.9 Å². The van der Waals surface area contributed by atoms with Crippen LogP contribution < -0.4 is 10.8 Å². The molecule has 0 aromatic heterocycles. The molecule has 0 aliphatic carbocycles. The molecule has 2 atom stereocenters. The molecule has 1 aliphatic heterocycles. The van der Waals surface area contributed by atoms with Gasteiger partial charge >= 0.3 is 7.12 Å². The number of rotatable bonds is 6. The monoisotopic (exact) mass is 442 g/mol. The van der Waals surface area contributed by atoms with Crippen molar-refractivity contribution in [3.63, 3.8) is 0 Å². The minimum atomic E-state index is -1.64. The standard InChI is InChI=1S/C23H28BClN2O4/c1-15(16(2)26-22(28)19-4-3-5-20(14-19)24(30)31)23(29)27-12-10-18(11-13-27)17-6-8-21(25)9-7-17/h3-9,14-16,18,30-31H,10-13H2,1-2H3,(H,26,28). The highest BCUT2D eigenvalue weighted by atomic mass is 35.5. The Morgan fingerprint density at radius 2 is 1.74 bits per heavy atom. The second kappa shape index (κ2) is 10.3. The quantitative estimate of drug-likeness (QED) is 0.598. The maximum absolute atomic E-state index is 13.0. The van der Waals surface area contributed by atoms with Crippen LogP contribution >= 0.6 is 11.6 Å². The average molecular weight is 443 g/mol. The summed E-state index contributed by atoms with van der Waals surface area (Å²) in [7, 11) is -1.64. The maximum atomic E-state index is 13.0. The predicted octanol–water partition coefficient (Wildman–Crippen LogP) is 2.18. The van der Waals surface area contributed by atoms with Crippen LogP contribution in [0.15, 0.2) is 48.5 Å². The van der Waals surface area contributed by atoms with Gasteiger partial charge in [-0.1, -0.05) is 42.8 Å². The Balaban J connectivity index is 1.54. The summed E-state index contributed by atoms with van der Waals surface area (Å²) in [4.78, 5) is 27.4. The van der Waals surface area contributed by atoms with E-state index in [4.69, 9.17) is 11.6 Å². The van der Waals surface area contributed by atoms with Gasteiger partial charge in [-0.05, 0) is 61.0 Å². The topological polar surface area (TPSA) is 89.9 Å². The second-order valence-corrected chi connectivity index (χ2v) is 8.64. The Kier molecular flexibility index (Phi) is 7.76. The third-order valence-corrected chi connectivity index (χ3v) is 6.35. The first kappa shape index (κ1) is 23.3. The molecule has 1 aliphatic rings. The van der Waals surface area contributed by atoms with Gasteiger partial charge in [0.25, 0.3) is 5.91 Å². The Morgan fingerprint density at radius 1 is 1.10 bits per heavy atom. The third-order valence-electron chi connectivity index (χ3n) is 6.09. The summed E-state index contributed by atoms with van der Waals surface area (Å²) in [5.74, 6) is -0.275. The van der Waals surface area contributed by atoms with Gasteiger partial charge in [-0.2, -0.15) is 0 Å². The van der Waals surface area contributed by atoms with Crippen molar-refractivity contribution in [1.82, 2.24) is 10.2 Å². The molecule has 3 rings (SSSR count). The van der Waals surface area contributed by atoms with Crippen LogP contribution in [0.25, 0.3) is 0 Å². The molecule has 0 saturated carbocycles. The van der Waals surface area contributed by atoms with Crippen LogP contribution in [0, 0.1) is 5.92 Å². The lowest BCUT2D eigenvalue weighted by Crippen LogP contribution is -2.47. The number of halogens is 1. The maximum Gasteiger partial charge on any atom is 0.488 e. The molecule has 3 N–H and O–H groups in total. The number of likely N-dealkylation sites (tertiary alicyclic amines) is 1. The molecule has 1 heterocycles. The summed E-state index contributed by atoms with van der Waals surface area (Å²) in [6.45, 7) is 5.01. The van der Waals surface area contributed by atoms with Gasteiger partial charge in [0, 0.05) is 29.7 Å². The Hall–Kier alpha value is -2.35. The van der Waals surface area contributed by atoms with E-state index in [-0.39, 0.29) is 29.2 Å². The van der Waals surface area contributed by atoms with Crippen molar-refractivity contribution >= 4 is 36.0 Å². The van der Waals surface area contributed by atoms with Crippen LogP contribution in [0.4, 0.5) is 0 Å². The number of carbonyl (C=O) groups excluding carboxylic acids is 2. The van der Waals surface area contributed by atoms with Crippen LogP contribution in [0.1, 0.15) is 48.5 Å². The van der Waals surface area contributed by atoms with Crippen LogP contribution in [-0.2, 0) is 4.79 Å². The fourth-order valence-corrected chi connectivity index (χ4v) is 4.05. The molecule has 0 spiro atoms. The summed E-state index contributed by atoms with van der Waals surface area (Å²) < 4.78 is 0. The Morgan fingerprint density at radius 3 is 2.35 bits per heavy atom. The second-order valence-electron chi connectivity index (χ2n) is 8.20. The molecule has 2 aromatic rings. The van der Waals surface area contributed by atoms with Crippen molar-refractivity contribution in [2.24, 2.45) is 5.92 Å². The zero-order chi connectivity index (χ0) is 22.5. The van der Waals surface area contributed by atoms with Gasteiger partial charge in [0.1, 0.15) is 0 Å². The number of nitrogens with one attached hydrogen (secondary N) is 1. The van der Waals surface area contributed by atoms with Crippen LogP contribution in [0.3, 0.4) is 0 Å². The minimum absolute atomic E-state index is 0.0295. The summed E-state index contributed by atoms with van der Waals surface area (Å²) in [6, 6.07) is 13.7. The van der Waals surface area contributed by atoms with E-state index in [2.05, 4.69) is 17.4 Å². The zero-order valence-electron chi connectivity index (χ0n) is 17.8. The van der Waals surface area contributed by atoms with E-state index in [0.717, 1.165) is 17.9 Å². The van der Waals surface area contributed by atoms with E-state index in [1.54, 1.807) is 12.1 Å². The van der Waals surface area contributed by atoms with Crippen LogP contribution in [-0.4, -0.2) is 53.0 Å². The molecule has 6 nitrogen and oxygen atoms in total. The summed E-state index contributed by atoms with van der Waals surface area (Å²) in [5, 5.41) is 22.2. The molecule has 31 heavy (non-hydrogen) atoms. The SMILES string of the molecule is CC(NC(=O)c1cccc(B(O)O)c1)C(C)C(=O)N1CCC(c2ccc(Cl)cc2)CC1. The Labute approximate surface area is 188 Å². The number of amides is 2. The van der Waals surface area contributed by atoms with E-state index in [0.29, 0.717) is 24.6 Å². The first-order valence-electron chi connectivity index (χ1n) is 10.6. The van der Waals surface area contributed by atoms with Gasteiger partial charge in [-0.3, -0.25) is 9.59 Å².